The van der Waals surface area contributed by atoms with Gasteiger partial charge < -0.3 is 4.90 Å². The first kappa shape index (κ1) is 12.8. The van der Waals surface area contributed by atoms with Crippen LogP contribution in [-0.4, -0.2) is 16.8 Å². The smallest absolute Gasteiger partial charge is 0.241 e. The van der Waals surface area contributed by atoms with E-state index in [9.17, 15) is 4.79 Å². The number of amides is 1. The first-order valence-electron chi connectivity index (χ1n) is 6.28. The molecule has 0 radical (unpaired) electrons. The predicted molar refractivity (Wildman–Crippen MR) is 79.3 cm³/mol. The molecule has 19 heavy (non-hydrogen) atoms. The third-order valence-corrected chi connectivity index (χ3v) is 5.32. The average Bonchev–Trinajstić information content (AvgIpc) is 3.08. The van der Waals surface area contributed by atoms with Crippen LogP contribution < -0.4 is 5.32 Å². The van der Waals surface area contributed by atoms with Crippen molar-refractivity contribution in [1.82, 2.24) is 10.2 Å². The molecule has 0 aromatic carbocycles. The minimum Gasteiger partial charge on any atom is -0.316 e. The SMILES string of the molecule is Cc1cscc1CN1C(=O)C(C)NC1c1cccs1. The lowest BCUT2D eigenvalue weighted by atomic mass is 10.2. The van der Waals surface area contributed by atoms with E-state index in [4.69, 9.17) is 0 Å². The summed E-state index contributed by atoms with van der Waals surface area (Å²) < 4.78 is 0. The van der Waals surface area contributed by atoms with E-state index in [1.54, 1.807) is 22.7 Å². The van der Waals surface area contributed by atoms with Crippen LogP contribution in [-0.2, 0) is 11.3 Å². The molecule has 2 aromatic heterocycles. The van der Waals surface area contributed by atoms with Gasteiger partial charge in [0.1, 0.15) is 6.17 Å². The number of hydrogen-bond acceptors (Lipinski definition) is 4. The van der Waals surface area contributed by atoms with Gasteiger partial charge in [-0.1, -0.05) is 6.07 Å². The van der Waals surface area contributed by atoms with Crippen molar-refractivity contribution in [1.29, 1.82) is 0 Å². The molecule has 5 heteroatoms. The van der Waals surface area contributed by atoms with Crippen LogP contribution in [0.5, 0.6) is 0 Å². The van der Waals surface area contributed by atoms with E-state index in [-0.39, 0.29) is 18.1 Å². The lowest BCUT2D eigenvalue weighted by Gasteiger charge is -2.23. The van der Waals surface area contributed by atoms with Crippen LogP contribution in [0.15, 0.2) is 28.3 Å². The second kappa shape index (κ2) is 5.07. The Bertz CT molecular complexity index is 576. The highest BCUT2D eigenvalue weighted by Crippen LogP contribution is 2.31. The maximum Gasteiger partial charge on any atom is 0.241 e. The van der Waals surface area contributed by atoms with E-state index >= 15 is 0 Å². The van der Waals surface area contributed by atoms with E-state index in [0.29, 0.717) is 6.54 Å². The highest BCUT2D eigenvalue weighted by atomic mass is 32.1. The summed E-state index contributed by atoms with van der Waals surface area (Å²) in [5, 5.41) is 9.70. The summed E-state index contributed by atoms with van der Waals surface area (Å²) in [6, 6.07) is 4.01. The van der Waals surface area contributed by atoms with Gasteiger partial charge in [-0.15, -0.1) is 11.3 Å². The fraction of sp³-hybridized carbons (Fsp3) is 0.357. The van der Waals surface area contributed by atoms with Gasteiger partial charge in [-0.3, -0.25) is 10.1 Å². The summed E-state index contributed by atoms with van der Waals surface area (Å²) in [5.74, 6) is 0.184. The summed E-state index contributed by atoms with van der Waals surface area (Å²) in [4.78, 5) is 15.5. The van der Waals surface area contributed by atoms with Crippen LogP contribution in [0.3, 0.4) is 0 Å². The maximum absolute atomic E-state index is 12.3. The van der Waals surface area contributed by atoms with Crippen molar-refractivity contribution in [3.8, 4) is 0 Å². The summed E-state index contributed by atoms with van der Waals surface area (Å²) in [5.41, 5.74) is 2.51. The Labute approximate surface area is 120 Å². The third kappa shape index (κ3) is 2.33. The van der Waals surface area contributed by atoms with Gasteiger partial charge in [0.2, 0.25) is 5.91 Å². The summed E-state index contributed by atoms with van der Waals surface area (Å²) in [6.45, 7) is 4.72. The average molecular weight is 292 g/mol. The van der Waals surface area contributed by atoms with E-state index in [1.165, 1.54) is 16.0 Å². The van der Waals surface area contributed by atoms with Crippen LogP contribution in [0.1, 0.15) is 29.1 Å². The second-order valence-electron chi connectivity index (χ2n) is 4.85. The Morgan fingerprint density at radius 3 is 2.89 bits per heavy atom. The molecule has 3 rings (SSSR count). The van der Waals surface area contributed by atoms with Gasteiger partial charge in [0.05, 0.1) is 6.04 Å². The van der Waals surface area contributed by atoms with Crippen LogP contribution in [0, 0.1) is 6.92 Å². The molecule has 0 bridgehead atoms. The molecule has 1 fully saturated rings. The van der Waals surface area contributed by atoms with E-state index < -0.39 is 0 Å². The number of hydrogen-bond donors (Lipinski definition) is 1. The highest BCUT2D eigenvalue weighted by molar-refractivity contribution is 7.10. The largest absolute Gasteiger partial charge is 0.316 e. The Hall–Kier alpha value is -1.17. The quantitative estimate of drug-likeness (QED) is 0.942. The molecule has 0 aliphatic carbocycles. The maximum atomic E-state index is 12.3. The van der Waals surface area contributed by atoms with Crippen molar-refractivity contribution in [2.24, 2.45) is 0 Å². The summed E-state index contributed by atoms with van der Waals surface area (Å²) >= 11 is 3.39. The second-order valence-corrected chi connectivity index (χ2v) is 6.58. The van der Waals surface area contributed by atoms with Crippen molar-refractivity contribution in [2.45, 2.75) is 32.6 Å². The lowest BCUT2D eigenvalue weighted by molar-refractivity contribution is -0.130. The zero-order valence-electron chi connectivity index (χ0n) is 10.9. The molecule has 1 aliphatic heterocycles. The molecule has 1 N–H and O–H groups in total. The Balaban J connectivity index is 1.88. The van der Waals surface area contributed by atoms with Crippen molar-refractivity contribution < 1.29 is 4.79 Å². The zero-order chi connectivity index (χ0) is 13.4. The molecular weight excluding hydrogens is 276 g/mol. The van der Waals surface area contributed by atoms with Crippen LogP contribution in [0.4, 0.5) is 0 Å². The predicted octanol–water partition coefficient (Wildman–Crippen LogP) is 3.14. The lowest BCUT2D eigenvalue weighted by Crippen LogP contribution is -2.29. The van der Waals surface area contributed by atoms with Crippen molar-refractivity contribution in [3.63, 3.8) is 0 Å². The standard InChI is InChI=1S/C14H16N2OS2/c1-9-7-18-8-11(9)6-16-13(12-4-3-5-19-12)15-10(2)14(16)17/h3-5,7-8,10,13,15H,6H2,1-2H3. The number of nitrogens with one attached hydrogen (secondary N) is 1. The van der Waals surface area contributed by atoms with Crippen molar-refractivity contribution in [3.05, 3.63) is 44.3 Å². The molecule has 0 spiro atoms. The fourth-order valence-corrected chi connectivity index (χ4v) is 4.00. The molecule has 100 valence electrons. The Kier molecular flexibility index (Phi) is 3.43. The van der Waals surface area contributed by atoms with Gasteiger partial charge in [0.15, 0.2) is 0 Å². The van der Waals surface area contributed by atoms with Gasteiger partial charge in [-0.05, 0) is 47.2 Å². The van der Waals surface area contributed by atoms with E-state index in [0.717, 1.165) is 0 Å². The summed E-state index contributed by atoms with van der Waals surface area (Å²) in [7, 11) is 0. The van der Waals surface area contributed by atoms with E-state index in [2.05, 4.69) is 34.4 Å². The number of carbonyl (C=O) groups is 1. The Morgan fingerprint density at radius 1 is 1.42 bits per heavy atom. The number of carbonyl (C=O) groups excluding carboxylic acids is 1. The molecule has 3 heterocycles. The van der Waals surface area contributed by atoms with Gasteiger partial charge in [-0.25, -0.2) is 0 Å². The number of rotatable bonds is 3. The summed E-state index contributed by atoms with van der Waals surface area (Å²) in [6.07, 6.45) is 0.0156. The molecule has 0 saturated carbocycles. The molecule has 3 nitrogen and oxygen atoms in total. The van der Waals surface area contributed by atoms with Crippen molar-refractivity contribution in [2.75, 3.05) is 0 Å². The first-order chi connectivity index (χ1) is 9.16. The molecular formula is C14H16N2OS2. The molecule has 2 aromatic rings. The Morgan fingerprint density at radius 2 is 2.26 bits per heavy atom. The van der Waals surface area contributed by atoms with Crippen molar-refractivity contribution >= 4 is 28.6 Å². The van der Waals surface area contributed by atoms with Crippen LogP contribution >= 0.6 is 22.7 Å². The number of nitrogens with zero attached hydrogens (tertiary/aromatic N) is 1. The first-order valence-corrected chi connectivity index (χ1v) is 8.10. The van der Waals surface area contributed by atoms with Crippen LogP contribution in [0.25, 0.3) is 0 Å². The zero-order valence-corrected chi connectivity index (χ0v) is 12.6. The van der Waals surface area contributed by atoms with E-state index in [1.807, 2.05) is 17.9 Å². The molecule has 1 saturated heterocycles. The normalized spacial score (nSPS) is 23.3. The minimum atomic E-state index is -0.106. The van der Waals surface area contributed by atoms with Crippen LogP contribution in [0.2, 0.25) is 0 Å². The number of thiophene rings is 2. The minimum absolute atomic E-state index is 0.0156. The fourth-order valence-electron chi connectivity index (χ4n) is 2.36. The molecule has 2 atom stereocenters. The molecule has 2 unspecified atom stereocenters. The van der Waals surface area contributed by atoms with Gasteiger partial charge in [0, 0.05) is 11.4 Å². The number of aryl methyl sites for hydroxylation is 1. The van der Waals surface area contributed by atoms with Gasteiger partial charge in [-0.2, -0.15) is 11.3 Å². The molecule has 1 aliphatic rings. The topological polar surface area (TPSA) is 32.3 Å². The molecule has 1 amide bonds. The van der Waals surface area contributed by atoms with Gasteiger partial charge in [0.25, 0.3) is 0 Å². The monoisotopic (exact) mass is 292 g/mol. The highest BCUT2D eigenvalue weighted by Gasteiger charge is 2.37. The third-order valence-electron chi connectivity index (χ3n) is 3.49. The van der Waals surface area contributed by atoms with Gasteiger partial charge >= 0.3 is 0 Å².